The van der Waals surface area contributed by atoms with Crippen LogP contribution in [0, 0.1) is 0 Å². The fourth-order valence-electron chi connectivity index (χ4n) is 3.87. The van der Waals surface area contributed by atoms with Crippen LogP contribution in [0.25, 0.3) is 0 Å². The first-order valence-corrected chi connectivity index (χ1v) is 16.8. The van der Waals surface area contributed by atoms with Crippen LogP contribution in [0.4, 0.5) is 0 Å². The van der Waals surface area contributed by atoms with E-state index < -0.39 is 28.8 Å². The summed E-state index contributed by atoms with van der Waals surface area (Å²) in [4.78, 5) is 23.7. The summed E-state index contributed by atoms with van der Waals surface area (Å²) < 4.78 is 18.8. The molecule has 0 fully saturated rings. The molecule has 0 amide bonds. The van der Waals surface area contributed by atoms with Gasteiger partial charge in [-0.25, -0.2) is 9.36 Å². The van der Waals surface area contributed by atoms with Crippen molar-refractivity contribution in [2.75, 3.05) is 13.2 Å². The molecule has 0 aliphatic rings. The van der Waals surface area contributed by atoms with Gasteiger partial charge in [0.25, 0.3) is 11.1 Å². The van der Waals surface area contributed by atoms with Crippen molar-refractivity contribution in [3.63, 3.8) is 0 Å². The number of aliphatic hydroxyl groups is 3. The van der Waals surface area contributed by atoms with Crippen molar-refractivity contribution in [1.82, 2.24) is 19.6 Å². The first-order chi connectivity index (χ1) is 23.7. The smallest absolute Gasteiger partial charge is 0.289 e. The molecule has 4 aromatic rings. The Morgan fingerprint density at radius 1 is 0.686 bits per heavy atom. The number of aromatic nitrogens is 4. The predicted octanol–water partition coefficient (Wildman–Crippen LogP) is 5.29. The van der Waals surface area contributed by atoms with Crippen molar-refractivity contribution in [3.8, 4) is 23.0 Å². The largest absolute Gasteiger partial charge is 0.505 e. The third-order valence-corrected chi connectivity index (χ3v) is 7.17. The van der Waals surface area contributed by atoms with Crippen LogP contribution < -0.4 is 25.3 Å². The standard InChI is InChI=1S/C18H23ClN2O4.C10H14O3.C8H11ClN2O2/c1-12(22)10-24-14-7-5-13(6-8-14)11-25-15-9-20-21(18(2,3)4)17(23)16(15)19;1-8(12)7-13-10-4-2-9(6-11)3-5-10;1-8(2,3)11-7(13)6(9)5(12)4-10-11/h5-9,12,22H,10-11H2,1-4H3;2-5,8,11-12H,6-7H2,1H3;4,12H,1-3H3. The van der Waals surface area contributed by atoms with Crippen molar-refractivity contribution < 1.29 is 34.6 Å². The first-order valence-electron chi connectivity index (χ1n) is 16.0. The second-order valence-electron chi connectivity index (χ2n) is 13.5. The summed E-state index contributed by atoms with van der Waals surface area (Å²) in [6, 6.07) is 14.4. The number of aliphatic hydroxyl groups excluding tert-OH is 3. The Hall–Kier alpha value is -4.14. The molecule has 15 heteroatoms. The summed E-state index contributed by atoms with van der Waals surface area (Å²) >= 11 is 11.7. The van der Waals surface area contributed by atoms with E-state index in [-0.39, 0.29) is 46.9 Å². The summed E-state index contributed by atoms with van der Waals surface area (Å²) in [6.45, 7) is 15.2. The highest BCUT2D eigenvalue weighted by atomic mass is 35.5. The molecule has 280 valence electrons. The zero-order chi connectivity index (χ0) is 38.5. The Bertz CT molecular complexity index is 1780. The van der Waals surface area contributed by atoms with Gasteiger partial charge in [-0.15, -0.1) is 0 Å². The van der Waals surface area contributed by atoms with Gasteiger partial charge >= 0.3 is 0 Å². The highest BCUT2D eigenvalue weighted by Crippen LogP contribution is 2.23. The molecule has 2 unspecified atom stereocenters. The van der Waals surface area contributed by atoms with Crippen LogP contribution in [-0.2, 0) is 24.3 Å². The van der Waals surface area contributed by atoms with Crippen LogP contribution in [0.5, 0.6) is 23.0 Å². The quantitative estimate of drug-likeness (QED) is 0.166. The number of nitrogens with zero attached hydrogens (tertiary/aromatic N) is 4. The Morgan fingerprint density at radius 2 is 1.10 bits per heavy atom. The number of benzene rings is 2. The number of halogens is 2. The van der Waals surface area contributed by atoms with E-state index in [0.717, 1.165) is 17.3 Å². The minimum atomic E-state index is -0.520. The molecule has 4 N–H and O–H groups in total. The van der Waals surface area contributed by atoms with Gasteiger partial charge in [0, 0.05) is 0 Å². The van der Waals surface area contributed by atoms with Crippen molar-refractivity contribution in [3.05, 3.63) is 103 Å². The number of hydrogen-bond acceptors (Lipinski definition) is 11. The number of ether oxygens (including phenoxy) is 3. The normalized spacial score (nSPS) is 12.4. The van der Waals surface area contributed by atoms with Gasteiger partial charge in [-0.2, -0.15) is 10.2 Å². The number of rotatable bonds is 10. The maximum Gasteiger partial charge on any atom is 0.289 e. The summed E-state index contributed by atoms with van der Waals surface area (Å²) in [7, 11) is 0. The molecule has 13 nitrogen and oxygen atoms in total. The van der Waals surface area contributed by atoms with Gasteiger partial charge in [-0.1, -0.05) is 47.5 Å². The van der Waals surface area contributed by atoms with Crippen LogP contribution in [-0.4, -0.2) is 65.4 Å². The fourth-order valence-corrected chi connectivity index (χ4v) is 4.18. The third-order valence-electron chi connectivity index (χ3n) is 6.46. The summed E-state index contributed by atoms with van der Waals surface area (Å²) in [5.41, 5.74) is -0.0113. The van der Waals surface area contributed by atoms with Gasteiger partial charge in [-0.3, -0.25) is 9.59 Å². The van der Waals surface area contributed by atoms with Crippen LogP contribution in [0.3, 0.4) is 0 Å². The molecule has 0 spiro atoms. The summed E-state index contributed by atoms with van der Waals surface area (Å²) in [5.74, 6) is 1.34. The minimum absolute atomic E-state index is 0.0156. The Labute approximate surface area is 307 Å². The molecule has 0 aliphatic carbocycles. The molecule has 4 rings (SSSR count). The van der Waals surface area contributed by atoms with E-state index in [9.17, 15) is 14.7 Å². The average molecular weight is 752 g/mol. The van der Waals surface area contributed by atoms with Crippen LogP contribution >= 0.6 is 23.2 Å². The van der Waals surface area contributed by atoms with E-state index >= 15 is 0 Å². The fraction of sp³-hybridized carbons (Fsp3) is 0.444. The molecule has 2 heterocycles. The molecule has 2 atom stereocenters. The van der Waals surface area contributed by atoms with Gasteiger partial charge in [0.1, 0.15) is 31.3 Å². The summed E-state index contributed by atoms with van der Waals surface area (Å²) in [6.07, 6.45) is 1.63. The molecule has 0 aliphatic heterocycles. The second-order valence-corrected chi connectivity index (χ2v) is 14.3. The van der Waals surface area contributed by atoms with E-state index in [0.29, 0.717) is 18.1 Å². The molecule has 51 heavy (non-hydrogen) atoms. The van der Waals surface area contributed by atoms with Crippen molar-refractivity contribution in [2.24, 2.45) is 0 Å². The topological polar surface area (TPSA) is 178 Å². The Kier molecular flexibility index (Phi) is 16.4. The predicted molar refractivity (Wildman–Crippen MR) is 196 cm³/mol. The van der Waals surface area contributed by atoms with Gasteiger partial charge in [0.05, 0.1) is 42.3 Å². The van der Waals surface area contributed by atoms with E-state index in [1.807, 2.05) is 53.7 Å². The summed E-state index contributed by atoms with van der Waals surface area (Å²) in [5, 5.41) is 43.7. The van der Waals surface area contributed by atoms with Crippen LogP contribution in [0.15, 0.2) is 70.5 Å². The van der Waals surface area contributed by atoms with Gasteiger partial charge < -0.3 is 34.6 Å². The van der Waals surface area contributed by atoms with E-state index in [1.54, 1.807) is 50.2 Å². The monoisotopic (exact) mass is 750 g/mol. The lowest BCUT2D eigenvalue weighted by molar-refractivity contribution is 0.122. The number of aromatic hydroxyl groups is 1. The SMILES string of the molecule is CC(C)(C)n1ncc(O)c(Cl)c1=O.CC(O)COc1ccc(CO)cc1.CC(O)COc1ccc(COc2cnn(C(C)(C)C)c(=O)c2Cl)cc1. The zero-order valence-corrected chi connectivity index (χ0v) is 31.6. The van der Waals surface area contributed by atoms with Gasteiger partial charge in [-0.05, 0) is 90.8 Å². The average Bonchev–Trinajstić information content (AvgIpc) is 3.06. The van der Waals surface area contributed by atoms with E-state index in [4.69, 9.17) is 52.7 Å². The van der Waals surface area contributed by atoms with E-state index in [2.05, 4.69) is 10.2 Å². The Balaban J connectivity index is 0.000000292. The molecular formula is C36H48Cl2N4O9. The molecule has 2 aromatic carbocycles. The molecule has 0 radical (unpaired) electrons. The molecule has 0 saturated heterocycles. The van der Waals surface area contributed by atoms with Crippen LogP contribution in [0.2, 0.25) is 10.0 Å². The lowest BCUT2D eigenvalue weighted by Gasteiger charge is -2.21. The Morgan fingerprint density at radius 3 is 1.51 bits per heavy atom. The lowest BCUT2D eigenvalue weighted by atomic mass is 10.1. The first kappa shape index (κ1) is 43.0. The van der Waals surface area contributed by atoms with Crippen LogP contribution in [0.1, 0.15) is 66.5 Å². The molecule has 0 bridgehead atoms. The zero-order valence-electron chi connectivity index (χ0n) is 30.1. The molecule has 0 saturated carbocycles. The second kappa shape index (κ2) is 19.5. The van der Waals surface area contributed by atoms with Crippen molar-refractivity contribution in [1.29, 1.82) is 0 Å². The van der Waals surface area contributed by atoms with Gasteiger partial charge in [0.15, 0.2) is 21.5 Å². The highest BCUT2D eigenvalue weighted by molar-refractivity contribution is 6.32. The van der Waals surface area contributed by atoms with Crippen molar-refractivity contribution >= 4 is 23.2 Å². The lowest BCUT2D eigenvalue weighted by Crippen LogP contribution is -2.36. The third kappa shape index (κ3) is 14.2. The molecular weight excluding hydrogens is 703 g/mol. The highest BCUT2D eigenvalue weighted by Gasteiger charge is 2.20. The maximum atomic E-state index is 12.3. The minimum Gasteiger partial charge on any atom is -0.505 e. The number of hydrogen-bond donors (Lipinski definition) is 4. The van der Waals surface area contributed by atoms with E-state index in [1.165, 1.54) is 15.6 Å². The van der Waals surface area contributed by atoms with Crippen molar-refractivity contribution in [2.45, 2.75) is 91.9 Å². The maximum absolute atomic E-state index is 12.3. The van der Waals surface area contributed by atoms with Gasteiger partial charge in [0.2, 0.25) is 0 Å². The molecule has 2 aromatic heterocycles.